The number of rotatable bonds is 7. The number of terminal acetylenes is 1. The molecule has 9 nitrogen and oxygen atoms in total. The second-order valence-electron chi connectivity index (χ2n) is 6.24. The van der Waals surface area contributed by atoms with Crippen LogP contribution < -0.4 is 26.4 Å². The maximum Gasteiger partial charge on any atom is 0.254 e. The number of aromatic nitrogens is 2. The fourth-order valence-corrected chi connectivity index (χ4v) is 2.63. The number of carbonyl (C=O) groups excluding carboxylic acids is 1. The minimum absolute atomic E-state index is 0.206. The Bertz CT molecular complexity index is 896. The van der Waals surface area contributed by atoms with Gasteiger partial charge in [-0.2, -0.15) is 4.98 Å². The van der Waals surface area contributed by atoms with E-state index in [2.05, 4.69) is 31.8 Å². The SMILES string of the molecule is C#CCCCNc1nc(Nc2ccc3c(c2)NC[C@H](O)CO3)ncc1C(N)=O. The summed E-state index contributed by atoms with van der Waals surface area (Å²) in [6.07, 6.45) is 7.41. The molecule has 6 N–H and O–H groups in total. The molecule has 1 aromatic heterocycles. The summed E-state index contributed by atoms with van der Waals surface area (Å²) in [4.78, 5) is 20.1. The molecule has 0 aliphatic carbocycles. The lowest BCUT2D eigenvalue weighted by molar-refractivity contribution is 0.100. The predicted molar refractivity (Wildman–Crippen MR) is 107 cm³/mol. The zero-order chi connectivity index (χ0) is 19.9. The van der Waals surface area contributed by atoms with Crippen LogP contribution in [0.1, 0.15) is 23.2 Å². The van der Waals surface area contributed by atoms with E-state index in [0.717, 1.165) is 17.8 Å². The number of anilines is 4. The number of carbonyl (C=O) groups is 1. The summed E-state index contributed by atoms with van der Waals surface area (Å²) < 4.78 is 5.54. The van der Waals surface area contributed by atoms with Crippen LogP contribution in [0.25, 0.3) is 0 Å². The molecule has 1 amide bonds. The van der Waals surface area contributed by atoms with Crippen molar-refractivity contribution in [1.82, 2.24) is 9.97 Å². The van der Waals surface area contributed by atoms with E-state index in [9.17, 15) is 9.90 Å². The molecule has 0 bridgehead atoms. The maximum atomic E-state index is 11.6. The highest BCUT2D eigenvalue weighted by atomic mass is 16.5. The lowest BCUT2D eigenvalue weighted by Crippen LogP contribution is -2.23. The number of amides is 1. The van der Waals surface area contributed by atoms with E-state index in [4.69, 9.17) is 16.9 Å². The predicted octanol–water partition coefficient (Wildman–Crippen LogP) is 1.31. The third kappa shape index (κ3) is 4.81. The third-order valence-corrected chi connectivity index (χ3v) is 4.04. The van der Waals surface area contributed by atoms with Crippen molar-refractivity contribution in [1.29, 1.82) is 0 Å². The van der Waals surface area contributed by atoms with E-state index < -0.39 is 12.0 Å². The summed E-state index contributed by atoms with van der Waals surface area (Å²) in [5.74, 6) is 3.25. The summed E-state index contributed by atoms with van der Waals surface area (Å²) in [6, 6.07) is 5.43. The average Bonchev–Trinajstić information content (AvgIpc) is 2.87. The van der Waals surface area contributed by atoms with Crippen molar-refractivity contribution < 1.29 is 14.6 Å². The number of primary amides is 1. The topological polar surface area (TPSA) is 134 Å². The Hall–Kier alpha value is -3.51. The highest BCUT2D eigenvalue weighted by molar-refractivity contribution is 5.97. The highest BCUT2D eigenvalue weighted by Crippen LogP contribution is 2.30. The fraction of sp³-hybridized carbons (Fsp3) is 0.316. The molecule has 2 heterocycles. The standard InChI is InChI=1S/C19H22N6O3/c1-2-3-4-7-21-18-14(17(20)27)10-23-19(25-18)24-12-5-6-16-15(8-12)22-9-13(26)11-28-16/h1,5-6,8,10,13,22,26H,3-4,7,9,11H2,(H2,20,27)(H2,21,23,24,25)/t13-/m0/s1. The number of aliphatic hydroxyl groups excluding tert-OH is 1. The van der Waals surface area contributed by atoms with Crippen molar-refractivity contribution in [2.45, 2.75) is 18.9 Å². The van der Waals surface area contributed by atoms with Gasteiger partial charge in [0.05, 0.1) is 11.3 Å². The number of hydrogen-bond acceptors (Lipinski definition) is 8. The summed E-state index contributed by atoms with van der Waals surface area (Å²) in [7, 11) is 0. The van der Waals surface area contributed by atoms with Gasteiger partial charge in [0, 0.05) is 31.4 Å². The molecule has 0 saturated heterocycles. The molecule has 2 aromatic rings. The molecule has 0 radical (unpaired) electrons. The Morgan fingerprint density at radius 3 is 3.14 bits per heavy atom. The molecule has 1 aliphatic heterocycles. The first kappa shape index (κ1) is 19.3. The smallest absolute Gasteiger partial charge is 0.254 e. The van der Waals surface area contributed by atoms with Gasteiger partial charge in [0.15, 0.2) is 0 Å². The quantitative estimate of drug-likeness (QED) is 0.357. The molecule has 28 heavy (non-hydrogen) atoms. The van der Waals surface area contributed by atoms with Gasteiger partial charge in [0.25, 0.3) is 5.91 Å². The summed E-state index contributed by atoms with van der Waals surface area (Å²) in [5.41, 5.74) is 7.07. The lowest BCUT2D eigenvalue weighted by atomic mass is 10.2. The van der Waals surface area contributed by atoms with Crippen LogP contribution in [0.2, 0.25) is 0 Å². The molecular weight excluding hydrogens is 360 g/mol. The van der Waals surface area contributed by atoms with Crippen LogP contribution in [0.4, 0.5) is 23.1 Å². The molecule has 3 rings (SSSR count). The zero-order valence-corrected chi connectivity index (χ0v) is 15.2. The van der Waals surface area contributed by atoms with Crippen molar-refractivity contribution in [2.75, 3.05) is 35.6 Å². The van der Waals surface area contributed by atoms with Gasteiger partial charge in [-0.25, -0.2) is 4.98 Å². The summed E-state index contributed by atoms with van der Waals surface area (Å²) >= 11 is 0. The van der Waals surface area contributed by atoms with E-state index in [1.807, 2.05) is 12.1 Å². The first-order valence-electron chi connectivity index (χ1n) is 8.87. The Morgan fingerprint density at radius 2 is 2.36 bits per heavy atom. The average molecular weight is 382 g/mol. The van der Waals surface area contributed by atoms with Crippen LogP contribution >= 0.6 is 0 Å². The number of nitrogens with two attached hydrogens (primary N) is 1. The number of hydrogen-bond donors (Lipinski definition) is 5. The van der Waals surface area contributed by atoms with Crippen molar-refractivity contribution in [3.63, 3.8) is 0 Å². The number of nitrogens with zero attached hydrogens (tertiary/aromatic N) is 2. The molecule has 1 aromatic carbocycles. The van der Waals surface area contributed by atoms with Gasteiger partial charge in [0.1, 0.15) is 24.3 Å². The maximum absolute atomic E-state index is 11.6. The van der Waals surface area contributed by atoms with Gasteiger partial charge < -0.3 is 31.5 Å². The zero-order valence-electron chi connectivity index (χ0n) is 15.2. The molecule has 1 aliphatic rings. The van der Waals surface area contributed by atoms with E-state index in [1.165, 1.54) is 6.20 Å². The minimum Gasteiger partial charge on any atom is -0.489 e. The number of β-amino-alcohol motifs (C(OH)–C–C–N with tert-alkyl or cyclic N) is 1. The molecule has 146 valence electrons. The van der Waals surface area contributed by atoms with E-state index in [1.54, 1.807) is 6.07 Å². The molecule has 9 heteroatoms. The Morgan fingerprint density at radius 1 is 1.50 bits per heavy atom. The van der Waals surface area contributed by atoms with Crippen LogP contribution in [0.5, 0.6) is 5.75 Å². The van der Waals surface area contributed by atoms with E-state index >= 15 is 0 Å². The number of benzene rings is 1. The Balaban J connectivity index is 1.77. The van der Waals surface area contributed by atoms with Crippen molar-refractivity contribution in [3.05, 3.63) is 30.0 Å². The van der Waals surface area contributed by atoms with E-state index in [0.29, 0.717) is 37.0 Å². The number of fused-ring (bicyclic) bond motifs is 1. The van der Waals surface area contributed by atoms with Crippen LogP contribution in [0, 0.1) is 12.3 Å². The van der Waals surface area contributed by atoms with Gasteiger partial charge in [-0.05, 0) is 24.6 Å². The minimum atomic E-state index is -0.615. The van der Waals surface area contributed by atoms with Crippen molar-refractivity contribution >= 4 is 29.0 Å². The van der Waals surface area contributed by atoms with Gasteiger partial charge in [0.2, 0.25) is 5.95 Å². The van der Waals surface area contributed by atoms with Crippen LogP contribution in [-0.4, -0.2) is 46.8 Å². The van der Waals surface area contributed by atoms with Gasteiger partial charge >= 0.3 is 0 Å². The highest BCUT2D eigenvalue weighted by Gasteiger charge is 2.16. The van der Waals surface area contributed by atoms with Gasteiger partial charge in [-0.15, -0.1) is 12.3 Å². The van der Waals surface area contributed by atoms with Gasteiger partial charge in [-0.3, -0.25) is 4.79 Å². The van der Waals surface area contributed by atoms with Crippen LogP contribution in [-0.2, 0) is 0 Å². The van der Waals surface area contributed by atoms with Gasteiger partial charge in [-0.1, -0.05) is 0 Å². The molecule has 0 unspecified atom stereocenters. The summed E-state index contributed by atoms with van der Waals surface area (Å²) in [5, 5.41) is 19.0. The number of nitrogens with one attached hydrogen (secondary N) is 3. The normalized spacial score (nSPS) is 15.2. The third-order valence-electron chi connectivity index (χ3n) is 4.04. The first-order chi connectivity index (χ1) is 13.6. The van der Waals surface area contributed by atoms with Crippen molar-refractivity contribution in [2.24, 2.45) is 5.73 Å². The van der Waals surface area contributed by atoms with Crippen molar-refractivity contribution in [3.8, 4) is 18.1 Å². The summed E-state index contributed by atoms with van der Waals surface area (Å²) in [6.45, 7) is 1.19. The second-order valence-corrected chi connectivity index (χ2v) is 6.24. The monoisotopic (exact) mass is 382 g/mol. The fourth-order valence-electron chi connectivity index (χ4n) is 2.63. The largest absolute Gasteiger partial charge is 0.489 e. The number of aliphatic hydroxyl groups is 1. The number of ether oxygens (including phenoxy) is 1. The first-order valence-corrected chi connectivity index (χ1v) is 8.87. The molecular formula is C19H22N6O3. The van der Waals surface area contributed by atoms with Crippen LogP contribution in [0.3, 0.4) is 0 Å². The van der Waals surface area contributed by atoms with Crippen LogP contribution in [0.15, 0.2) is 24.4 Å². The Labute approximate surface area is 162 Å². The molecule has 0 fully saturated rings. The van der Waals surface area contributed by atoms with E-state index in [-0.39, 0.29) is 12.2 Å². The number of unbranched alkanes of at least 4 members (excludes halogenated alkanes) is 1. The molecule has 1 atom stereocenters. The lowest BCUT2D eigenvalue weighted by Gasteiger charge is -2.13. The second kappa shape index (κ2) is 8.92. The molecule has 0 saturated carbocycles. The molecule has 0 spiro atoms. The Kier molecular flexibility index (Phi) is 6.14.